The number of carboxylic acid groups (broad SMARTS) is 1. The molecule has 1 fully saturated rings. The summed E-state index contributed by atoms with van der Waals surface area (Å²) in [5.74, 6) is -0.372. The number of fused-ring (bicyclic) bond motifs is 1. The molecule has 1 aromatic heterocycles. The van der Waals surface area contributed by atoms with Gasteiger partial charge in [-0.1, -0.05) is 12.1 Å². The first-order valence-electron chi connectivity index (χ1n) is 10.2. The summed E-state index contributed by atoms with van der Waals surface area (Å²) in [6, 6.07) is 7.33. The molecule has 8 heteroatoms. The fraction of sp³-hybridized carbons (Fsp3) is 0.409. The first-order chi connectivity index (χ1) is 14.4. The average molecular weight is 413 g/mol. The van der Waals surface area contributed by atoms with Crippen LogP contribution in [0.2, 0.25) is 0 Å². The third-order valence-electron chi connectivity index (χ3n) is 5.57. The van der Waals surface area contributed by atoms with Crippen molar-refractivity contribution in [3.05, 3.63) is 53.0 Å². The van der Waals surface area contributed by atoms with Gasteiger partial charge < -0.3 is 14.7 Å². The summed E-state index contributed by atoms with van der Waals surface area (Å²) in [5, 5.41) is 9.67. The number of hydrogen-bond donors (Lipinski definition) is 1. The highest BCUT2D eigenvalue weighted by molar-refractivity contribution is 5.96. The maximum Gasteiger partial charge on any atom is 0.412 e. The molecule has 1 saturated heterocycles. The molecule has 3 heterocycles. The molecule has 1 N–H and O–H groups in total. The number of aromatic nitrogens is 1. The highest BCUT2D eigenvalue weighted by Crippen LogP contribution is 2.35. The van der Waals surface area contributed by atoms with Gasteiger partial charge in [-0.3, -0.25) is 9.69 Å². The zero-order chi connectivity index (χ0) is 21.3. The van der Waals surface area contributed by atoms with Crippen LogP contribution in [-0.2, 0) is 6.42 Å². The molecule has 158 valence electrons. The van der Waals surface area contributed by atoms with E-state index in [9.17, 15) is 19.1 Å². The third kappa shape index (κ3) is 3.94. The second kappa shape index (κ2) is 8.30. The number of halogens is 1. The number of amides is 2. The maximum absolute atomic E-state index is 13.3. The van der Waals surface area contributed by atoms with Crippen molar-refractivity contribution in [1.29, 1.82) is 0 Å². The first-order valence-corrected chi connectivity index (χ1v) is 10.2. The Balaban J connectivity index is 1.78. The van der Waals surface area contributed by atoms with Gasteiger partial charge in [-0.25, -0.2) is 14.2 Å². The molecule has 0 saturated carbocycles. The molecule has 4 rings (SSSR count). The average Bonchev–Trinajstić information content (AvgIpc) is 2.74. The lowest BCUT2D eigenvalue weighted by Gasteiger charge is -2.33. The van der Waals surface area contributed by atoms with Crippen LogP contribution in [0.1, 0.15) is 47.8 Å². The Morgan fingerprint density at radius 2 is 1.90 bits per heavy atom. The Bertz CT molecular complexity index is 958. The largest absolute Gasteiger partial charge is 0.474 e. The molecule has 0 spiro atoms. The van der Waals surface area contributed by atoms with Crippen LogP contribution in [0.5, 0.6) is 5.88 Å². The van der Waals surface area contributed by atoms with Crippen molar-refractivity contribution in [1.82, 2.24) is 9.88 Å². The van der Waals surface area contributed by atoms with E-state index in [2.05, 4.69) is 4.98 Å². The summed E-state index contributed by atoms with van der Waals surface area (Å²) in [6.45, 7) is 3.27. The lowest BCUT2D eigenvalue weighted by molar-refractivity contribution is 0.0716. The molecule has 1 atom stereocenters. The second-order valence-corrected chi connectivity index (χ2v) is 7.79. The van der Waals surface area contributed by atoms with Crippen LogP contribution in [0, 0.1) is 5.82 Å². The number of nitrogens with zero attached hydrogens (tertiary/aromatic N) is 3. The van der Waals surface area contributed by atoms with Crippen molar-refractivity contribution in [2.75, 3.05) is 24.6 Å². The molecule has 0 radical (unpaired) electrons. The maximum atomic E-state index is 13.3. The summed E-state index contributed by atoms with van der Waals surface area (Å²) >= 11 is 0. The zero-order valence-electron chi connectivity index (χ0n) is 16.8. The van der Waals surface area contributed by atoms with Gasteiger partial charge in [0.05, 0.1) is 6.04 Å². The second-order valence-electron chi connectivity index (χ2n) is 7.79. The molecule has 2 aromatic rings. The number of ether oxygens (including phenoxy) is 1. The van der Waals surface area contributed by atoms with Crippen molar-refractivity contribution in [3.63, 3.8) is 0 Å². The SMILES string of the molecule is C[C@H]1COc2nc(C(=O)N3CCCCC3)c(Cc3ccc(F)cc3)cc2N1C(=O)O. The van der Waals surface area contributed by atoms with Crippen LogP contribution in [0.3, 0.4) is 0 Å². The van der Waals surface area contributed by atoms with Crippen LogP contribution in [0.4, 0.5) is 14.9 Å². The van der Waals surface area contributed by atoms with Crippen molar-refractivity contribution in [3.8, 4) is 5.88 Å². The molecule has 1 aromatic carbocycles. The Labute approximate surface area is 174 Å². The number of rotatable bonds is 3. The fourth-order valence-corrected chi connectivity index (χ4v) is 4.00. The van der Waals surface area contributed by atoms with Crippen LogP contribution in [-0.4, -0.2) is 52.7 Å². The number of likely N-dealkylation sites (tertiary alicyclic amines) is 1. The standard InChI is InChI=1S/C22H24FN3O4/c1-14-13-30-20-18(26(14)22(28)29)12-16(11-15-5-7-17(23)8-6-15)19(24-20)21(27)25-9-3-2-4-10-25/h5-8,12,14H,2-4,9-11,13H2,1H3,(H,28,29)/t14-/m0/s1. The van der Waals surface area contributed by atoms with E-state index < -0.39 is 6.09 Å². The van der Waals surface area contributed by atoms with E-state index in [-0.39, 0.29) is 35.9 Å². The monoisotopic (exact) mass is 413 g/mol. The van der Waals surface area contributed by atoms with E-state index in [1.807, 2.05) is 0 Å². The van der Waals surface area contributed by atoms with Gasteiger partial charge in [0.1, 0.15) is 23.8 Å². The van der Waals surface area contributed by atoms with Crippen LogP contribution in [0.25, 0.3) is 0 Å². The van der Waals surface area contributed by atoms with E-state index in [0.717, 1.165) is 24.8 Å². The van der Waals surface area contributed by atoms with Crippen LogP contribution in [0.15, 0.2) is 30.3 Å². The zero-order valence-corrected chi connectivity index (χ0v) is 16.8. The van der Waals surface area contributed by atoms with Gasteiger partial charge in [-0.15, -0.1) is 0 Å². The fourth-order valence-electron chi connectivity index (χ4n) is 4.00. The molecule has 2 amide bonds. The van der Waals surface area contributed by atoms with E-state index >= 15 is 0 Å². The van der Waals surface area contributed by atoms with Crippen molar-refractivity contribution in [2.45, 2.75) is 38.6 Å². The molecule has 0 unspecified atom stereocenters. The van der Waals surface area contributed by atoms with Crippen LogP contribution >= 0.6 is 0 Å². The van der Waals surface area contributed by atoms with Crippen LogP contribution < -0.4 is 9.64 Å². The third-order valence-corrected chi connectivity index (χ3v) is 5.57. The molecular weight excluding hydrogens is 389 g/mol. The minimum absolute atomic E-state index is 0.152. The van der Waals surface area contributed by atoms with Gasteiger partial charge in [0.2, 0.25) is 5.88 Å². The van der Waals surface area contributed by atoms with Gasteiger partial charge in [0.15, 0.2) is 0 Å². The van der Waals surface area contributed by atoms with Crippen molar-refractivity contribution < 1.29 is 23.8 Å². The summed E-state index contributed by atoms with van der Waals surface area (Å²) in [5.41, 5.74) is 1.99. The number of carbonyl (C=O) groups is 2. The summed E-state index contributed by atoms with van der Waals surface area (Å²) in [6.07, 6.45) is 2.22. The number of piperidine rings is 1. The van der Waals surface area contributed by atoms with E-state index in [0.29, 0.717) is 30.8 Å². The smallest absolute Gasteiger partial charge is 0.412 e. The van der Waals surface area contributed by atoms with Gasteiger partial charge in [0, 0.05) is 13.1 Å². The quantitative estimate of drug-likeness (QED) is 0.830. The lowest BCUT2D eigenvalue weighted by atomic mass is 10.0. The molecule has 30 heavy (non-hydrogen) atoms. The summed E-state index contributed by atoms with van der Waals surface area (Å²) < 4.78 is 19.0. The minimum atomic E-state index is -1.10. The molecule has 2 aliphatic heterocycles. The number of pyridine rings is 1. The van der Waals surface area contributed by atoms with Gasteiger partial charge in [-0.05, 0) is 61.9 Å². The van der Waals surface area contributed by atoms with Gasteiger partial charge >= 0.3 is 6.09 Å². The summed E-state index contributed by atoms with van der Waals surface area (Å²) in [4.78, 5) is 32.6. The Morgan fingerprint density at radius 1 is 1.20 bits per heavy atom. The summed E-state index contributed by atoms with van der Waals surface area (Å²) in [7, 11) is 0. The minimum Gasteiger partial charge on any atom is -0.474 e. The van der Waals surface area contributed by atoms with Gasteiger partial charge in [-0.2, -0.15) is 0 Å². The Kier molecular flexibility index (Phi) is 5.57. The number of hydrogen-bond acceptors (Lipinski definition) is 4. The highest BCUT2D eigenvalue weighted by Gasteiger charge is 2.33. The van der Waals surface area contributed by atoms with Crippen molar-refractivity contribution >= 4 is 17.7 Å². The molecule has 0 bridgehead atoms. The molecule has 7 nitrogen and oxygen atoms in total. The lowest BCUT2D eigenvalue weighted by Crippen LogP contribution is -2.45. The Hall–Kier alpha value is -3.16. The topological polar surface area (TPSA) is 83.0 Å². The highest BCUT2D eigenvalue weighted by atomic mass is 19.1. The first kappa shape index (κ1) is 20.1. The number of anilines is 1. The predicted octanol–water partition coefficient (Wildman–Crippen LogP) is 3.70. The van der Waals surface area contributed by atoms with Gasteiger partial charge in [0.25, 0.3) is 5.91 Å². The molecule has 2 aliphatic rings. The normalized spacial score (nSPS) is 18.5. The number of benzene rings is 1. The van der Waals surface area contributed by atoms with E-state index in [1.54, 1.807) is 30.0 Å². The van der Waals surface area contributed by atoms with E-state index in [4.69, 9.17) is 4.74 Å². The van der Waals surface area contributed by atoms with E-state index in [1.165, 1.54) is 17.0 Å². The predicted molar refractivity (Wildman–Crippen MR) is 109 cm³/mol. The number of carbonyl (C=O) groups excluding carboxylic acids is 1. The Morgan fingerprint density at radius 3 is 2.57 bits per heavy atom. The molecular formula is C22H24FN3O4. The van der Waals surface area contributed by atoms with Crippen molar-refractivity contribution in [2.24, 2.45) is 0 Å². The molecule has 0 aliphatic carbocycles.